The van der Waals surface area contributed by atoms with Gasteiger partial charge in [-0.2, -0.15) is 0 Å². The maximum absolute atomic E-state index is 2.56. The topological polar surface area (TPSA) is 17.6 Å². The van der Waals surface area contributed by atoms with Gasteiger partial charge < -0.3 is 17.6 Å². The molecule has 0 saturated heterocycles. The van der Waals surface area contributed by atoms with Crippen LogP contribution in [0.5, 0.6) is 0 Å². The second-order valence-electron chi connectivity index (χ2n) is 18.4. The third kappa shape index (κ3) is 3.22. The summed E-state index contributed by atoms with van der Waals surface area (Å²) in [7, 11) is 0. The number of fused-ring (bicyclic) bond motifs is 25. The summed E-state index contributed by atoms with van der Waals surface area (Å²) in [5, 5.41) is 21.0. The second-order valence-corrected chi connectivity index (χ2v) is 18.4. The zero-order chi connectivity index (χ0) is 40.8. The average Bonchev–Trinajstić information content (AvgIpc) is 4.23. The summed E-state index contributed by atoms with van der Waals surface area (Å²) in [6.45, 7) is 0. The maximum Gasteiger partial charge on any atom is 0.0628 e. The monoisotopic (exact) mass is 806 g/mol. The van der Waals surface area contributed by atoms with E-state index in [0.717, 1.165) is 0 Å². The van der Waals surface area contributed by atoms with Crippen LogP contribution in [0.3, 0.4) is 0 Å². The fourth-order valence-electron chi connectivity index (χ4n) is 13.3. The molecule has 0 unspecified atom stereocenters. The van der Waals surface area contributed by atoms with E-state index in [1.807, 2.05) is 0 Å². The third-order valence-electron chi connectivity index (χ3n) is 15.6. The molecule has 64 heavy (non-hydrogen) atoms. The third-order valence-corrected chi connectivity index (χ3v) is 15.6. The van der Waals surface area contributed by atoms with Crippen LogP contribution in [0.25, 0.3) is 164 Å². The summed E-state index contributed by atoms with van der Waals surface area (Å²) in [4.78, 5) is 0. The predicted molar refractivity (Wildman–Crippen MR) is 271 cm³/mol. The molecule has 8 aromatic heterocycles. The molecule has 290 valence electrons. The second kappa shape index (κ2) is 10.2. The van der Waals surface area contributed by atoms with Crippen LogP contribution >= 0.6 is 0 Å². The average molecular weight is 807 g/mol. The quantitative estimate of drug-likeness (QED) is 0.157. The van der Waals surface area contributed by atoms with Crippen LogP contribution in [0.4, 0.5) is 0 Å². The molecule has 0 aliphatic heterocycles. The molecule has 10 aromatic carbocycles. The van der Waals surface area contributed by atoms with Gasteiger partial charge in [-0.25, -0.2) is 0 Å². The van der Waals surface area contributed by atoms with Crippen molar-refractivity contribution in [3.8, 4) is 11.1 Å². The van der Waals surface area contributed by atoms with Crippen LogP contribution in [0.2, 0.25) is 0 Å². The van der Waals surface area contributed by atoms with Crippen molar-refractivity contribution in [1.82, 2.24) is 17.6 Å². The summed E-state index contributed by atoms with van der Waals surface area (Å²) in [5.74, 6) is 0. The molecule has 0 aliphatic carbocycles. The molecule has 0 fully saturated rings. The van der Waals surface area contributed by atoms with Gasteiger partial charge in [-0.15, -0.1) is 0 Å². The van der Waals surface area contributed by atoms with E-state index in [0.29, 0.717) is 0 Å². The fourth-order valence-corrected chi connectivity index (χ4v) is 13.3. The zero-order valence-electron chi connectivity index (χ0n) is 34.1. The first-order chi connectivity index (χ1) is 31.8. The Hall–Kier alpha value is -8.60. The first-order valence-corrected chi connectivity index (χ1v) is 22.4. The van der Waals surface area contributed by atoms with E-state index in [1.165, 1.54) is 164 Å². The molecule has 0 N–H and O–H groups in total. The minimum Gasteiger partial charge on any atom is -0.308 e. The van der Waals surface area contributed by atoms with E-state index in [4.69, 9.17) is 0 Å². The first kappa shape index (κ1) is 31.3. The van der Waals surface area contributed by atoms with Gasteiger partial charge in [-0.05, 0) is 65.7 Å². The van der Waals surface area contributed by atoms with Crippen molar-refractivity contribution in [3.05, 3.63) is 182 Å². The number of hydrogen-bond donors (Lipinski definition) is 0. The highest BCUT2D eigenvalue weighted by molar-refractivity contribution is 6.38. The maximum atomic E-state index is 2.56. The van der Waals surface area contributed by atoms with Crippen molar-refractivity contribution in [2.24, 2.45) is 0 Å². The van der Waals surface area contributed by atoms with Gasteiger partial charge in [0.15, 0.2) is 0 Å². The van der Waals surface area contributed by atoms with Crippen molar-refractivity contribution in [2.75, 3.05) is 0 Å². The lowest BCUT2D eigenvalue weighted by atomic mass is 9.96. The Bertz CT molecular complexity index is 5130. The number of rotatable bonds is 1. The number of nitrogens with zero attached hydrogens (tertiary/aromatic N) is 4. The molecular weight excluding hydrogens is 777 g/mol. The van der Waals surface area contributed by atoms with E-state index in [9.17, 15) is 0 Å². The Balaban J connectivity index is 0.950. The van der Waals surface area contributed by atoms with Gasteiger partial charge in [0.25, 0.3) is 0 Å². The van der Waals surface area contributed by atoms with Gasteiger partial charge in [0.05, 0.1) is 66.2 Å². The lowest BCUT2D eigenvalue weighted by Gasteiger charge is -2.08. The molecule has 0 amide bonds. The summed E-state index contributed by atoms with van der Waals surface area (Å²) in [5.41, 5.74) is 17.9. The minimum atomic E-state index is 1.24. The largest absolute Gasteiger partial charge is 0.308 e. The van der Waals surface area contributed by atoms with E-state index in [2.05, 4.69) is 200 Å². The Morgan fingerprint density at radius 1 is 0.203 bits per heavy atom. The van der Waals surface area contributed by atoms with Crippen LogP contribution in [0.15, 0.2) is 182 Å². The normalized spacial score (nSPS) is 13.3. The van der Waals surface area contributed by atoms with E-state index >= 15 is 0 Å². The lowest BCUT2D eigenvalue weighted by molar-refractivity contribution is 1.36. The SMILES string of the molecule is c1ccc2c(c1)c1cccc3c4cc5c(cc4n2c13)c1cccc2c3c(-c4ccc6c(c4)c4cc7c(c8cccc9c%10ccccc%10n7c98)c7c8ccccc8n6c47)cccc3n5c12. The molecule has 0 spiro atoms. The van der Waals surface area contributed by atoms with Gasteiger partial charge in [0, 0.05) is 86.2 Å². The Kier molecular flexibility index (Phi) is 4.98. The van der Waals surface area contributed by atoms with Gasteiger partial charge in [-0.1, -0.05) is 127 Å². The minimum absolute atomic E-state index is 1.24. The van der Waals surface area contributed by atoms with Crippen LogP contribution in [-0.2, 0) is 0 Å². The molecule has 18 aromatic rings. The molecular formula is C60H30N4. The number of aromatic nitrogens is 4. The molecule has 8 heterocycles. The Morgan fingerprint density at radius 3 is 1.30 bits per heavy atom. The standard InChI is InChI=1S/C60H30N4/c1-4-21-46-33(11-1)35-15-7-17-37-43-29-52-44(28-51(43)62(46)57(35)37)38-18-9-19-40-54-32(14-10-24-50(54)64(52)59(38)40)31-25-26-49-42(27-31)45-30-53-55(56-39-13-3-6-23-48(39)61(49)60(45)56)41-20-8-16-36-34-12-2-5-22-47(34)63(53)58(36)41/h1-30H. The van der Waals surface area contributed by atoms with Gasteiger partial charge in [0.2, 0.25) is 0 Å². The highest BCUT2D eigenvalue weighted by Crippen LogP contribution is 2.50. The lowest BCUT2D eigenvalue weighted by Crippen LogP contribution is -1.85. The van der Waals surface area contributed by atoms with E-state index < -0.39 is 0 Å². The highest BCUT2D eigenvalue weighted by atomic mass is 15.0. The Morgan fingerprint density at radius 2 is 0.625 bits per heavy atom. The van der Waals surface area contributed by atoms with Crippen molar-refractivity contribution in [1.29, 1.82) is 0 Å². The van der Waals surface area contributed by atoms with Crippen LogP contribution < -0.4 is 0 Å². The van der Waals surface area contributed by atoms with Crippen LogP contribution in [-0.4, -0.2) is 17.6 Å². The Labute approximate surface area is 361 Å². The van der Waals surface area contributed by atoms with Crippen molar-refractivity contribution >= 4 is 152 Å². The van der Waals surface area contributed by atoms with Gasteiger partial charge in [-0.3, -0.25) is 0 Å². The molecule has 4 heteroatoms. The molecule has 18 rings (SSSR count). The predicted octanol–water partition coefficient (Wildman–Crippen LogP) is 16.0. The molecule has 0 aliphatic rings. The summed E-state index contributed by atoms with van der Waals surface area (Å²) in [6, 6.07) is 69.0. The van der Waals surface area contributed by atoms with Crippen LogP contribution in [0.1, 0.15) is 0 Å². The molecule has 4 nitrogen and oxygen atoms in total. The molecule has 0 atom stereocenters. The summed E-state index contributed by atoms with van der Waals surface area (Å²) in [6.07, 6.45) is 0. The smallest absolute Gasteiger partial charge is 0.0628 e. The molecule has 0 radical (unpaired) electrons. The van der Waals surface area contributed by atoms with Crippen molar-refractivity contribution in [3.63, 3.8) is 0 Å². The van der Waals surface area contributed by atoms with Crippen LogP contribution in [0, 0.1) is 0 Å². The number of benzene rings is 10. The zero-order valence-corrected chi connectivity index (χ0v) is 34.1. The van der Waals surface area contributed by atoms with Crippen molar-refractivity contribution in [2.45, 2.75) is 0 Å². The fraction of sp³-hybridized carbons (Fsp3) is 0. The molecule has 0 bridgehead atoms. The number of para-hydroxylation sites is 6. The number of hydrogen-bond acceptors (Lipinski definition) is 0. The van der Waals surface area contributed by atoms with Gasteiger partial charge >= 0.3 is 0 Å². The van der Waals surface area contributed by atoms with E-state index in [-0.39, 0.29) is 0 Å². The highest BCUT2D eigenvalue weighted by Gasteiger charge is 2.27. The van der Waals surface area contributed by atoms with E-state index in [1.54, 1.807) is 0 Å². The first-order valence-electron chi connectivity index (χ1n) is 22.4. The summed E-state index contributed by atoms with van der Waals surface area (Å²) >= 11 is 0. The van der Waals surface area contributed by atoms with Crippen molar-refractivity contribution < 1.29 is 0 Å². The summed E-state index contributed by atoms with van der Waals surface area (Å²) < 4.78 is 10.1. The molecule has 0 saturated carbocycles. The van der Waals surface area contributed by atoms with Gasteiger partial charge in [0.1, 0.15) is 0 Å².